The molecule has 496 valence electrons. The number of alkyl carbamates (subject to hydrolysis) is 1. The van der Waals surface area contributed by atoms with Gasteiger partial charge in [0.05, 0.1) is 43.1 Å². The minimum Gasteiger partial charge on any atom is -0.495 e. The van der Waals surface area contributed by atoms with Gasteiger partial charge >= 0.3 is 30.2 Å². The highest BCUT2D eigenvalue weighted by Crippen LogP contribution is 2.49. The van der Waals surface area contributed by atoms with Crippen molar-refractivity contribution in [3.05, 3.63) is 88.0 Å². The van der Waals surface area contributed by atoms with Gasteiger partial charge in [0, 0.05) is 63.1 Å². The van der Waals surface area contributed by atoms with Crippen molar-refractivity contribution in [1.82, 2.24) is 26.2 Å². The average molecular weight is 1350 g/mol. The summed E-state index contributed by atoms with van der Waals surface area (Å²) in [4.78, 5) is 122. The zero-order valence-corrected chi connectivity index (χ0v) is 54.3. The van der Waals surface area contributed by atoms with Gasteiger partial charge in [-0.3, -0.25) is 29.3 Å². The number of halogens is 5. The fourth-order valence-electron chi connectivity index (χ4n) is 10.4. The Morgan fingerprint density at radius 1 is 1.03 bits per heavy atom. The first kappa shape index (κ1) is 73.5. The molecule has 8 amide bonds. The first-order chi connectivity index (χ1) is 42.2. The average Bonchev–Trinajstić information content (AvgIpc) is 1.57. The van der Waals surface area contributed by atoms with Crippen molar-refractivity contribution in [2.75, 3.05) is 57.0 Å². The van der Waals surface area contributed by atoms with Gasteiger partial charge in [-0.1, -0.05) is 78.7 Å². The Hall–Kier alpha value is -7.27. The van der Waals surface area contributed by atoms with E-state index in [1.807, 2.05) is 6.92 Å². The van der Waals surface area contributed by atoms with Gasteiger partial charge in [0.25, 0.3) is 5.91 Å². The Kier molecular flexibility index (Phi) is 26.2. The molecule has 2 fully saturated rings. The van der Waals surface area contributed by atoms with Gasteiger partial charge in [0.2, 0.25) is 23.6 Å². The number of ether oxygens (including phenoxy) is 6. The van der Waals surface area contributed by atoms with Crippen LogP contribution in [0, 0.1) is 11.8 Å². The van der Waals surface area contributed by atoms with Gasteiger partial charge in [0.1, 0.15) is 52.8 Å². The number of esters is 2. The highest BCUT2D eigenvalue weighted by Gasteiger charge is 2.64. The summed E-state index contributed by atoms with van der Waals surface area (Å²) < 4.78 is 79.7. The Bertz CT molecular complexity index is 3080. The van der Waals surface area contributed by atoms with Gasteiger partial charge < -0.3 is 70.3 Å². The molecule has 3 aliphatic rings. The first-order valence-corrected chi connectivity index (χ1v) is 30.6. The molecule has 0 radical (unpaired) electrons. The fraction of sp³-hybridized carbons (Fsp3) is 0.557. The number of nitrogens with two attached hydrogens (primary N) is 1. The molecule has 2 aromatic rings. The molecule has 2 aromatic carbocycles. The third-order valence-electron chi connectivity index (χ3n) is 15.9. The molecule has 0 saturated carbocycles. The van der Waals surface area contributed by atoms with Crippen molar-refractivity contribution in [3.8, 4) is 5.75 Å². The van der Waals surface area contributed by atoms with E-state index in [1.165, 1.54) is 33.1 Å². The molecule has 0 spiro atoms. The van der Waals surface area contributed by atoms with Crippen LogP contribution >= 0.6 is 27.5 Å². The number of alkyl halides is 4. The summed E-state index contributed by atoms with van der Waals surface area (Å²) in [5.74, 6) is -7.02. The highest BCUT2D eigenvalue weighted by atomic mass is 79.9. The Balaban J connectivity index is 1.38. The van der Waals surface area contributed by atoms with Crippen molar-refractivity contribution in [2.24, 2.45) is 17.6 Å². The number of benzene rings is 2. The second-order valence-electron chi connectivity index (χ2n) is 23.0. The SMILES string of the molecule is C=C(CBr)C(=O)OCCCCCC(=O)N[C@H](C(=O)N[C@@H](CCCNC(N)=O)C(=O)Nc1ccc(C(=O)N(C)[C@@H](C)C(=O)O[C@H]2CC(=O)N(C)c3cc(cc(OC)c3Cl)C/C(C)=C/C=C/[C@@H](OC)[C@@]3(O)C[C@H](OC(=O)N3)[C@@H](C)[C@@H]3O[C@@]23C)c(C(F)(F)F)c1)C(C)C. The molecule has 8 N–H and O–H groups in total. The van der Waals surface area contributed by atoms with Crippen LogP contribution < -0.4 is 42.0 Å². The molecule has 4 bridgehead atoms. The number of urea groups is 1. The lowest BCUT2D eigenvalue weighted by Gasteiger charge is -2.42. The van der Waals surface area contributed by atoms with Gasteiger partial charge in [0.15, 0.2) is 5.72 Å². The van der Waals surface area contributed by atoms with Crippen LogP contribution in [0.3, 0.4) is 0 Å². The number of nitrogens with one attached hydrogen (secondary N) is 5. The lowest BCUT2D eigenvalue weighted by molar-refractivity contribution is -0.158. The third-order valence-corrected chi connectivity index (χ3v) is 16.9. The number of aliphatic hydroxyl groups is 1. The predicted molar refractivity (Wildman–Crippen MR) is 328 cm³/mol. The molecule has 5 rings (SSSR count). The first-order valence-electron chi connectivity index (χ1n) is 29.1. The largest absolute Gasteiger partial charge is 0.495 e. The van der Waals surface area contributed by atoms with Crippen molar-refractivity contribution in [3.63, 3.8) is 0 Å². The van der Waals surface area contributed by atoms with E-state index in [1.54, 1.807) is 58.1 Å². The second-order valence-corrected chi connectivity index (χ2v) is 24.0. The van der Waals surface area contributed by atoms with Gasteiger partial charge in [-0.2, -0.15) is 13.2 Å². The molecule has 90 heavy (non-hydrogen) atoms. The number of fused-ring (bicyclic) bond motifs is 5. The number of amides is 8. The third kappa shape index (κ3) is 19.4. The molecule has 0 aromatic heterocycles. The summed E-state index contributed by atoms with van der Waals surface area (Å²) in [5.41, 5.74) is 0.719. The quantitative estimate of drug-likeness (QED) is 0.0140. The maximum absolute atomic E-state index is 15.1. The Morgan fingerprint density at radius 3 is 2.37 bits per heavy atom. The second kappa shape index (κ2) is 32.1. The molecular weight excluding hydrogens is 1270 g/mol. The topological polar surface area (TPSA) is 325 Å². The van der Waals surface area contributed by atoms with E-state index < -0.39 is 149 Å². The normalized spacial score (nSPS) is 23.8. The lowest BCUT2D eigenvalue weighted by atomic mass is 9.83. The van der Waals surface area contributed by atoms with Crippen LogP contribution in [0.2, 0.25) is 5.02 Å². The van der Waals surface area contributed by atoms with Crippen LogP contribution in [-0.2, 0) is 65.0 Å². The van der Waals surface area contributed by atoms with Crippen LogP contribution in [0.5, 0.6) is 5.75 Å². The van der Waals surface area contributed by atoms with Gasteiger partial charge in [-0.05, 0) is 101 Å². The molecular formula is C61H81BrClF3N8O16. The molecule has 3 aliphatic heterocycles. The minimum atomic E-state index is -5.25. The van der Waals surface area contributed by atoms with E-state index >= 15 is 13.2 Å². The number of epoxide rings is 1. The summed E-state index contributed by atoms with van der Waals surface area (Å²) in [7, 11) is 5.26. The van der Waals surface area contributed by atoms with Crippen molar-refractivity contribution in [2.45, 2.75) is 159 Å². The molecule has 24 nitrogen and oxygen atoms in total. The smallest absolute Gasteiger partial charge is 0.417 e. The number of anilines is 2. The zero-order valence-electron chi connectivity index (χ0n) is 51.9. The number of hydrogen-bond acceptors (Lipinski definition) is 16. The maximum Gasteiger partial charge on any atom is 0.417 e. The standard InChI is InChI=1S/C61H81BrClF3N8O16/c1-32(2)50(71-47(75)20-13-12-14-24-87-55(80)34(4)31-62)53(78)70-41(18-16-23-68-57(67)82)52(77)69-38-21-22-39(40(28-38)61(64,65)66)54(79)73(8)36(6)56(81)89-46-29-48(76)74(9)42-26-37(27-43(85-10)49(42)63)25-33(3)17-15-19-45(86-11)60(84)30-44(88-58(83)72-60)35(5)51-59(46,7)90-51/h15,17,19,21-22,26-28,32,35-36,41,44-46,50-51,84H,4,12-14,16,18,20,23-25,29-31H2,1-3,5-11H3,(H,69,77)(H,70,78)(H,71,75)(H,72,83)(H3,67,68,82)/b19-15+,33-17+/t35-,36+,41+,44+,45-,46+,50+,51+,59+,60+/m1/s1. The number of rotatable bonds is 24. The van der Waals surface area contributed by atoms with E-state index in [0.717, 1.165) is 24.8 Å². The van der Waals surface area contributed by atoms with E-state index in [2.05, 4.69) is 49.1 Å². The van der Waals surface area contributed by atoms with E-state index in [4.69, 9.17) is 45.8 Å². The molecule has 2 saturated heterocycles. The lowest BCUT2D eigenvalue weighted by Crippen LogP contribution is -2.63. The minimum absolute atomic E-state index is 0.00129. The molecule has 29 heteroatoms. The highest BCUT2D eigenvalue weighted by molar-refractivity contribution is 9.09. The monoisotopic (exact) mass is 1350 g/mol. The molecule has 0 unspecified atom stereocenters. The number of carbonyl (C=O) groups is 9. The Labute approximate surface area is 533 Å². The summed E-state index contributed by atoms with van der Waals surface area (Å²) in [6.45, 7) is 13.2. The van der Waals surface area contributed by atoms with Crippen molar-refractivity contribution < 1.29 is 89.8 Å². The van der Waals surface area contributed by atoms with Crippen molar-refractivity contribution in [1.29, 1.82) is 0 Å². The zero-order chi connectivity index (χ0) is 67.2. The summed E-state index contributed by atoms with van der Waals surface area (Å²) >= 11 is 9.94. The summed E-state index contributed by atoms with van der Waals surface area (Å²) in [6, 6.07) is 0.504. The van der Waals surface area contributed by atoms with E-state index in [-0.39, 0.29) is 66.2 Å². The number of allylic oxidation sites excluding steroid dienone is 3. The van der Waals surface area contributed by atoms with E-state index in [9.17, 15) is 48.3 Å². The number of likely N-dealkylation sites (N-methyl/N-ethyl adjacent to an activating group) is 1. The molecule has 10 atom stereocenters. The Morgan fingerprint density at radius 2 is 1.73 bits per heavy atom. The molecule has 0 aliphatic carbocycles. The van der Waals surface area contributed by atoms with Crippen LogP contribution in [0.25, 0.3) is 0 Å². The van der Waals surface area contributed by atoms with Gasteiger partial charge in [-0.15, -0.1) is 0 Å². The fourth-order valence-corrected chi connectivity index (χ4v) is 10.9. The number of unbranched alkanes of at least 4 members (excludes halogenated alkanes) is 2. The number of carbonyl (C=O) groups excluding carboxylic acids is 9. The number of nitrogens with zero attached hydrogens (tertiary/aromatic N) is 2. The van der Waals surface area contributed by atoms with Crippen LogP contribution in [-0.4, -0.2) is 164 Å². The van der Waals surface area contributed by atoms with Gasteiger partial charge in [-0.25, -0.2) is 19.2 Å². The summed E-state index contributed by atoms with van der Waals surface area (Å²) in [5, 5.41) is 24.6. The number of methoxy groups -OCH3 is 2. The van der Waals surface area contributed by atoms with Crippen LogP contribution in [0.15, 0.2) is 66.3 Å². The van der Waals surface area contributed by atoms with Crippen LogP contribution in [0.1, 0.15) is 114 Å². The summed E-state index contributed by atoms with van der Waals surface area (Å²) in [6.07, 6.45) is -5.01. The molecule has 3 heterocycles. The van der Waals surface area contributed by atoms with Crippen LogP contribution in [0.4, 0.5) is 34.1 Å². The van der Waals surface area contributed by atoms with Crippen molar-refractivity contribution >= 4 is 92.5 Å². The maximum atomic E-state index is 15.1. The number of primary amides is 1. The number of hydrogen-bond donors (Lipinski definition) is 7. The van der Waals surface area contributed by atoms with E-state index in [0.29, 0.717) is 42.2 Å². The predicted octanol–water partition coefficient (Wildman–Crippen LogP) is 6.91.